The summed E-state index contributed by atoms with van der Waals surface area (Å²) >= 11 is 0. The van der Waals surface area contributed by atoms with Gasteiger partial charge in [-0.05, 0) is 18.6 Å². The highest BCUT2D eigenvalue weighted by Gasteiger charge is 2.09. The van der Waals surface area contributed by atoms with Gasteiger partial charge in [-0.1, -0.05) is 6.07 Å². The summed E-state index contributed by atoms with van der Waals surface area (Å²) in [4.78, 5) is 11.8. The van der Waals surface area contributed by atoms with Gasteiger partial charge in [0, 0.05) is 18.5 Å². The van der Waals surface area contributed by atoms with Crippen molar-refractivity contribution in [2.24, 2.45) is 0 Å². The molecule has 0 atom stereocenters. The van der Waals surface area contributed by atoms with Crippen LogP contribution in [0.4, 0.5) is 0 Å². The Bertz CT molecular complexity index is 493. The predicted molar refractivity (Wildman–Crippen MR) is 60.1 cm³/mol. The van der Waals surface area contributed by atoms with Crippen molar-refractivity contribution in [2.75, 3.05) is 13.2 Å². The van der Waals surface area contributed by atoms with Gasteiger partial charge in [0.1, 0.15) is 0 Å². The second kappa shape index (κ2) is 4.76. The van der Waals surface area contributed by atoms with Crippen LogP contribution in [0.3, 0.4) is 0 Å². The van der Waals surface area contributed by atoms with E-state index in [2.05, 4.69) is 15.5 Å². The maximum absolute atomic E-state index is 11.8. The number of hydrogen-bond acceptors (Lipinski definition) is 3. The monoisotopic (exact) mass is 219 g/mol. The average Bonchev–Trinajstić information content (AvgIpc) is 2.76. The van der Waals surface area contributed by atoms with Gasteiger partial charge in [-0.15, -0.1) is 0 Å². The molecule has 5 nitrogen and oxygen atoms in total. The van der Waals surface area contributed by atoms with Crippen molar-refractivity contribution in [2.45, 2.75) is 6.42 Å². The molecular weight excluding hydrogens is 206 g/mol. The second-order valence-corrected chi connectivity index (χ2v) is 3.47. The summed E-state index contributed by atoms with van der Waals surface area (Å²) in [5.41, 5.74) is 1.44. The number of rotatable bonds is 4. The molecule has 5 heteroatoms. The highest BCUT2D eigenvalue weighted by Crippen LogP contribution is 2.15. The van der Waals surface area contributed by atoms with Crippen LogP contribution >= 0.6 is 0 Å². The Morgan fingerprint density at radius 1 is 1.50 bits per heavy atom. The molecule has 0 saturated heterocycles. The van der Waals surface area contributed by atoms with Gasteiger partial charge in [0.25, 0.3) is 5.91 Å². The molecule has 0 unspecified atom stereocenters. The van der Waals surface area contributed by atoms with Gasteiger partial charge in [0.05, 0.1) is 17.3 Å². The first-order valence-electron chi connectivity index (χ1n) is 5.14. The third kappa shape index (κ3) is 2.04. The van der Waals surface area contributed by atoms with Gasteiger partial charge in [0.15, 0.2) is 0 Å². The zero-order valence-electron chi connectivity index (χ0n) is 8.73. The first-order chi connectivity index (χ1) is 7.83. The molecule has 0 saturated carbocycles. The second-order valence-electron chi connectivity index (χ2n) is 3.47. The van der Waals surface area contributed by atoms with E-state index in [0.29, 0.717) is 18.5 Å². The fraction of sp³-hybridized carbons (Fsp3) is 0.273. The van der Waals surface area contributed by atoms with Gasteiger partial charge in [0.2, 0.25) is 0 Å². The van der Waals surface area contributed by atoms with Crippen molar-refractivity contribution in [1.29, 1.82) is 0 Å². The maximum Gasteiger partial charge on any atom is 0.252 e. The van der Waals surface area contributed by atoms with Crippen molar-refractivity contribution in [3.63, 3.8) is 0 Å². The molecule has 1 heterocycles. The molecule has 84 valence electrons. The number of carbonyl (C=O) groups excluding carboxylic acids is 1. The van der Waals surface area contributed by atoms with Crippen molar-refractivity contribution >= 4 is 16.8 Å². The maximum atomic E-state index is 11.8. The van der Waals surface area contributed by atoms with Crippen LogP contribution in [-0.2, 0) is 0 Å². The van der Waals surface area contributed by atoms with Crippen LogP contribution in [0.2, 0.25) is 0 Å². The number of hydrogen-bond donors (Lipinski definition) is 3. The minimum atomic E-state index is -0.138. The molecule has 0 aliphatic carbocycles. The third-order valence-electron chi connectivity index (χ3n) is 2.35. The number of aromatic nitrogens is 2. The summed E-state index contributed by atoms with van der Waals surface area (Å²) < 4.78 is 0. The van der Waals surface area contributed by atoms with Crippen molar-refractivity contribution in [1.82, 2.24) is 15.5 Å². The summed E-state index contributed by atoms with van der Waals surface area (Å²) in [7, 11) is 0. The van der Waals surface area contributed by atoms with Crippen LogP contribution in [0.1, 0.15) is 16.8 Å². The minimum absolute atomic E-state index is 0.0796. The highest BCUT2D eigenvalue weighted by atomic mass is 16.3. The Labute approximate surface area is 92.5 Å². The van der Waals surface area contributed by atoms with Gasteiger partial charge >= 0.3 is 0 Å². The molecule has 0 bridgehead atoms. The molecule has 0 fully saturated rings. The lowest BCUT2D eigenvalue weighted by molar-refractivity contribution is 0.0953. The van der Waals surface area contributed by atoms with E-state index in [1.807, 2.05) is 12.1 Å². The molecular formula is C11H13N3O2. The Morgan fingerprint density at radius 2 is 2.38 bits per heavy atom. The van der Waals surface area contributed by atoms with E-state index in [1.165, 1.54) is 0 Å². The number of benzene rings is 1. The van der Waals surface area contributed by atoms with Crippen molar-refractivity contribution < 1.29 is 9.90 Å². The number of aliphatic hydroxyl groups is 1. The SMILES string of the molecule is O=C(NCCCO)c1cccc2[nH]ncc12. The van der Waals surface area contributed by atoms with E-state index >= 15 is 0 Å². The van der Waals surface area contributed by atoms with Crippen molar-refractivity contribution in [3.8, 4) is 0 Å². The molecule has 1 aromatic heterocycles. The Morgan fingerprint density at radius 3 is 3.19 bits per heavy atom. The standard InChI is InChI=1S/C11H13N3O2/c15-6-2-5-12-11(16)8-3-1-4-10-9(8)7-13-14-10/h1,3-4,7,15H,2,5-6H2,(H,12,16)(H,13,14). The number of nitrogens with zero attached hydrogens (tertiary/aromatic N) is 1. The Hall–Kier alpha value is -1.88. The largest absolute Gasteiger partial charge is 0.396 e. The quantitative estimate of drug-likeness (QED) is 0.661. The zero-order valence-corrected chi connectivity index (χ0v) is 8.73. The lowest BCUT2D eigenvalue weighted by atomic mass is 10.1. The number of nitrogens with one attached hydrogen (secondary N) is 2. The van der Waals surface area contributed by atoms with Gasteiger partial charge < -0.3 is 10.4 Å². The topological polar surface area (TPSA) is 78.0 Å². The molecule has 3 N–H and O–H groups in total. The number of H-pyrrole nitrogens is 1. The van der Waals surface area contributed by atoms with Gasteiger partial charge in [-0.3, -0.25) is 9.89 Å². The van der Waals surface area contributed by atoms with Crippen LogP contribution < -0.4 is 5.32 Å². The molecule has 2 aromatic rings. The highest BCUT2D eigenvalue weighted by molar-refractivity contribution is 6.05. The Kier molecular flexibility index (Phi) is 3.16. The van der Waals surface area contributed by atoms with Crippen LogP contribution in [-0.4, -0.2) is 34.4 Å². The van der Waals surface area contributed by atoms with E-state index in [1.54, 1.807) is 12.3 Å². The van der Waals surface area contributed by atoms with Gasteiger partial charge in [-0.25, -0.2) is 0 Å². The smallest absolute Gasteiger partial charge is 0.252 e. The third-order valence-corrected chi connectivity index (χ3v) is 2.35. The summed E-state index contributed by atoms with van der Waals surface area (Å²) in [5.74, 6) is -0.138. The summed E-state index contributed by atoms with van der Waals surface area (Å²) in [5, 5.41) is 18.9. The molecule has 0 spiro atoms. The summed E-state index contributed by atoms with van der Waals surface area (Å²) in [6, 6.07) is 5.43. The lowest BCUT2D eigenvalue weighted by Gasteiger charge is -2.04. The van der Waals surface area contributed by atoms with Crippen LogP contribution in [0.5, 0.6) is 0 Å². The number of aromatic amines is 1. The van der Waals surface area contributed by atoms with E-state index in [4.69, 9.17) is 5.11 Å². The van der Waals surface area contributed by atoms with Crippen LogP contribution in [0.15, 0.2) is 24.4 Å². The van der Waals surface area contributed by atoms with Crippen molar-refractivity contribution in [3.05, 3.63) is 30.0 Å². The molecule has 0 aliphatic rings. The van der Waals surface area contributed by atoms with Crippen LogP contribution in [0, 0.1) is 0 Å². The molecule has 0 radical (unpaired) electrons. The number of amides is 1. The first-order valence-corrected chi connectivity index (χ1v) is 5.14. The zero-order chi connectivity index (χ0) is 11.4. The van der Waals surface area contributed by atoms with Crippen LogP contribution in [0.25, 0.3) is 10.9 Å². The number of fused-ring (bicyclic) bond motifs is 1. The first kappa shape index (κ1) is 10.6. The molecule has 1 aromatic carbocycles. The molecule has 16 heavy (non-hydrogen) atoms. The average molecular weight is 219 g/mol. The number of carbonyl (C=O) groups is 1. The molecule has 2 rings (SSSR count). The summed E-state index contributed by atoms with van der Waals surface area (Å²) in [6.07, 6.45) is 2.20. The van der Waals surface area contributed by atoms with Gasteiger partial charge in [-0.2, -0.15) is 5.10 Å². The fourth-order valence-corrected chi connectivity index (χ4v) is 1.54. The normalized spacial score (nSPS) is 10.6. The summed E-state index contributed by atoms with van der Waals surface area (Å²) in [6.45, 7) is 0.555. The predicted octanol–water partition coefficient (Wildman–Crippen LogP) is 0.675. The van der Waals surface area contributed by atoms with E-state index in [-0.39, 0.29) is 12.5 Å². The minimum Gasteiger partial charge on any atom is -0.396 e. The van der Waals surface area contributed by atoms with E-state index in [0.717, 1.165) is 10.9 Å². The van der Waals surface area contributed by atoms with E-state index in [9.17, 15) is 4.79 Å². The van der Waals surface area contributed by atoms with E-state index < -0.39 is 0 Å². The number of aliphatic hydroxyl groups excluding tert-OH is 1. The molecule has 0 aliphatic heterocycles. The fourth-order valence-electron chi connectivity index (χ4n) is 1.54. The Balaban J connectivity index is 2.19. The molecule has 1 amide bonds. The lowest BCUT2D eigenvalue weighted by Crippen LogP contribution is -2.25.